The second-order valence-electron chi connectivity index (χ2n) is 5.47. The fourth-order valence-electron chi connectivity index (χ4n) is 2.58. The Labute approximate surface area is 125 Å². The molecule has 1 fully saturated rings. The third-order valence-electron chi connectivity index (χ3n) is 3.58. The van der Waals surface area contributed by atoms with Gasteiger partial charge in [-0.1, -0.05) is 6.07 Å². The quantitative estimate of drug-likeness (QED) is 0.854. The van der Waals surface area contributed by atoms with Crippen LogP contribution in [0.3, 0.4) is 0 Å². The van der Waals surface area contributed by atoms with E-state index in [-0.39, 0.29) is 12.5 Å². The number of amides is 1. The molecule has 116 valence electrons. The van der Waals surface area contributed by atoms with Crippen molar-refractivity contribution in [3.05, 3.63) is 30.1 Å². The molecule has 1 aliphatic heterocycles. The van der Waals surface area contributed by atoms with E-state index in [9.17, 15) is 13.2 Å². The van der Waals surface area contributed by atoms with E-state index in [2.05, 4.69) is 9.71 Å². The third kappa shape index (κ3) is 5.43. The van der Waals surface area contributed by atoms with Crippen molar-refractivity contribution in [3.63, 3.8) is 0 Å². The Bertz CT molecular complexity index is 574. The lowest BCUT2D eigenvalue weighted by atomic mass is 9.93. The van der Waals surface area contributed by atoms with Crippen molar-refractivity contribution in [3.8, 4) is 0 Å². The van der Waals surface area contributed by atoms with Crippen LogP contribution in [0.15, 0.2) is 24.4 Å². The lowest BCUT2D eigenvalue weighted by Crippen LogP contribution is -2.45. The molecule has 0 aliphatic carbocycles. The van der Waals surface area contributed by atoms with Gasteiger partial charge in [-0.05, 0) is 37.3 Å². The third-order valence-corrected chi connectivity index (χ3v) is 4.25. The van der Waals surface area contributed by atoms with Gasteiger partial charge in [-0.25, -0.2) is 13.1 Å². The molecular formula is C14H21N3O3S. The first-order valence-corrected chi connectivity index (χ1v) is 8.95. The van der Waals surface area contributed by atoms with Gasteiger partial charge in [0, 0.05) is 25.0 Å². The minimum Gasteiger partial charge on any atom is -0.341 e. The average Bonchev–Trinajstić information content (AvgIpc) is 2.45. The summed E-state index contributed by atoms with van der Waals surface area (Å²) in [5.74, 6) is 0.224. The predicted molar refractivity (Wildman–Crippen MR) is 80.1 cm³/mol. The number of pyridine rings is 1. The number of carbonyl (C=O) groups excluding carboxylic acids is 1. The smallest absolute Gasteiger partial charge is 0.237 e. The number of likely N-dealkylation sites (tertiary alicyclic amines) is 1. The largest absolute Gasteiger partial charge is 0.341 e. The Morgan fingerprint density at radius 3 is 2.95 bits per heavy atom. The number of aromatic nitrogens is 1. The van der Waals surface area contributed by atoms with Gasteiger partial charge in [-0.3, -0.25) is 9.78 Å². The van der Waals surface area contributed by atoms with E-state index < -0.39 is 10.0 Å². The summed E-state index contributed by atoms with van der Waals surface area (Å²) in [5.41, 5.74) is 1.03. The van der Waals surface area contributed by atoms with Gasteiger partial charge in [0.2, 0.25) is 15.9 Å². The molecule has 0 aromatic carbocycles. The number of hydrogen-bond donors (Lipinski definition) is 1. The van der Waals surface area contributed by atoms with Crippen LogP contribution in [-0.4, -0.2) is 50.1 Å². The Morgan fingerprint density at radius 1 is 1.48 bits per heavy atom. The van der Waals surface area contributed by atoms with Crippen LogP contribution in [0.25, 0.3) is 0 Å². The van der Waals surface area contributed by atoms with Crippen LogP contribution in [-0.2, 0) is 21.2 Å². The number of hydrogen-bond acceptors (Lipinski definition) is 4. The normalized spacial score (nSPS) is 19.5. The second-order valence-corrected chi connectivity index (χ2v) is 7.30. The summed E-state index contributed by atoms with van der Waals surface area (Å²) in [6.07, 6.45) is 5.70. The summed E-state index contributed by atoms with van der Waals surface area (Å²) in [6.45, 7) is 1.21. The summed E-state index contributed by atoms with van der Waals surface area (Å²) in [6, 6.07) is 5.84. The van der Waals surface area contributed by atoms with E-state index >= 15 is 0 Å². The number of rotatable bonds is 5. The van der Waals surface area contributed by atoms with Gasteiger partial charge in [0.05, 0.1) is 12.8 Å². The first-order valence-electron chi connectivity index (χ1n) is 7.06. The molecule has 2 heterocycles. The zero-order valence-electron chi connectivity index (χ0n) is 12.2. The fourth-order valence-corrected chi connectivity index (χ4v) is 2.96. The predicted octanol–water partition coefficient (Wildman–Crippen LogP) is 0.412. The van der Waals surface area contributed by atoms with E-state index in [1.54, 1.807) is 11.1 Å². The molecule has 0 unspecified atom stereocenters. The van der Waals surface area contributed by atoms with Crippen molar-refractivity contribution < 1.29 is 13.2 Å². The molecule has 21 heavy (non-hydrogen) atoms. The number of piperidine rings is 1. The van der Waals surface area contributed by atoms with E-state index in [0.717, 1.165) is 31.2 Å². The number of carbonyl (C=O) groups is 1. The second kappa shape index (κ2) is 7.00. The first-order chi connectivity index (χ1) is 9.94. The van der Waals surface area contributed by atoms with E-state index in [1.807, 2.05) is 18.2 Å². The SMILES string of the molecule is CS(=O)(=O)NCC(=O)N1CCC[C@H](Cc2ccccn2)C1. The fraction of sp³-hybridized carbons (Fsp3) is 0.571. The average molecular weight is 311 g/mol. The maximum absolute atomic E-state index is 12.0. The van der Waals surface area contributed by atoms with E-state index in [4.69, 9.17) is 0 Å². The minimum atomic E-state index is -3.33. The maximum Gasteiger partial charge on any atom is 0.237 e. The maximum atomic E-state index is 12.0. The summed E-state index contributed by atoms with van der Waals surface area (Å²) >= 11 is 0. The Balaban J connectivity index is 1.87. The molecule has 0 bridgehead atoms. The summed E-state index contributed by atoms with van der Waals surface area (Å²) in [7, 11) is -3.33. The lowest BCUT2D eigenvalue weighted by Gasteiger charge is -2.32. The Morgan fingerprint density at radius 2 is 2.29 bits per heavy atom. The van der Waals surface area contributed by atoms with Crippen LogP contribution in [0, 0.1) is 5.92 Å². The van der Waals surface area contributed by atoms with Gasteiger partial charge in [0.25, 0.3) is 0 Å². The topological polar surface area (TPSA) is 79.4 Å². The zero-order chi connectivity index (χ0) is 15.3. The molecule has 0 saturated carbocycles. The molecular weight excluding hydrogens is 290 g/mol. The van der Waals surface area contributed by atoms with Gasteiger partial charge in [-0.15, -0.1) is 0 Å². The van der Waals surface area contributed by atoms with Crippen molar-refractivity contribution in [1.29, 1.82) is 0 Å². The highest BCUT2D eigenvalue weighted by Gasteiger charge is 2.24. The Hall–Kier alpha value is -1.47. The number of nitrogens with one attached hydrogen (secondary N) is 1. The summed E-state index contributed by atoms with van der Waals surface area (Å²) < 4.78 is 24.3. The van der Waals surface area contributed by atoms with E-state index in [0.29, 0.717) is 19.0 Å². The highest BCUT2D eigenvalue weighted by atomic mass is 32.2. The van der Waals surface area contributed by atoms with Crippen molar-refractivity contribution in [1.82, 2.24) is 14.6 Å². The van der Waals surface area contributed by atoms with Crippen molar-refractivity contribution in [2.24, 2.45) is 5.92 Å². The van der Waals surface area contributed by atoms with Gasteiger partial charge in [0.1, 0.15) is 0 Å². The summed E-state index contributed by atoms with van der Waals surface area (Å²) in [5, 5.41) is 0. The van der Waals surface area contributed by atoms with Crippen LogP contribution in [0.1, 0.15) is 18.5 Å². The molecule has 7 heteroatoms. The molecule has 1 aromatic heterocycles. The van der Waals surface area contributed by atoms with Crippen LogP contribution in [0.2, 0.25) is 0 Å². The van der Waals surface area contributed by atoms with Gasteiger partial charge < -0.3 is 4.90 Å². The van der Waals surface area contributed by atoms with Gasteiger partial charge >= 0.3 is 0 Å². The molecule has 1 atom stereocenters. The van der Waals surface area contributed by atoms with Gasteiger partial charge in [-0.2, -0.15) is 0 Å². The van der Waals surface area contributed by atoms with Crippen LogP contribution in [0.4, 0.5) is 0 Å². The monoisotopic (exact) mass is 311 g/mol. The van der Waals surface area contributed by atoms with Crippen LogP contribution in [0.5, 0.6) is 0 Å². The number of sulfonamides is 1. The van der Waals surface area contributed by atoms with Crippen LogP contribution >= 0.6 is 0 Å². The van der Waals surface area contributed by atoms with Crippen molar-refractivity contribution >= 4 is 15.9 Å². The summed E-state index contributed by atoms with van der Waals surface area (Å²) in [4.78, 5) is 18.1. The molecule has 1 N–H and O–H groups in total. The first kappa shape index (κ1) is 15.9. The molecule has 1 amide bonds. The molecule has 1 aliphatic rings. The molecule has 6 nitrogen and oxygen atoms in total. The highest BCUT2D eigenvalue weighted by molar-refractivity contribution is 7.88. The molecule has 0 spiro atoms. The molecule has 1 saturated heterocycles. The van der Waals surface area contributed by atoms with E-state index in [1.165, 1.54) is 0 Å². The molecule has 1 aromatic rings. The molecule has 0 radical (unpaired) electrons. The Kier molecular flexibility index (Phi) is 5.30. The lowest BCUT2D eigenvalue weighted by molar-refractivity contribution is -0.131. The molecule has 2 rings (SSSR count). The van der Waals surface area contributed by atoms with Crippen molar-refractivity contribution in [2.45, 2.75) is 19.3 Å². The van der Waals surface area contributed by atoms with Gasteiger partial charge in [0.15, 0.2) is 0 Å². The highest BCUT2D eigenvalue weighted by Crippen LogP contribution is 2.20. The zero-order valence-corrected chi connectivity index (χ0v) is 13.0. The van der Waals surface area contributed by atoms with Crippen LogP contribution < -0.4 is 4.72 Å². The number of nitrogens with zero attached hydrogens (tertiary/aromatic N) is 2. The standard InChI is InChI=1S/C14H21N3O3S/c1-21(19,20)16-10-14(18)17-8-4-5-12(11-17)9-13-6-2-3-7-15-13/h2-3,6-7,12,16H,4-5,8-11H2,1H3/t12-/m1/s1. The minimum absolute atomic E-state index is 0.158. The van der Waals surface area contributed by atoms with Crippen molar-refractivity contribution in [2.75, 3.05) is 25.9 Å².